The number of nitrogens with zero attached hydrogens (tertiary/aromatic N) is 3. The van der Waals surface area contributed by atoms with Gasteiger partial charge in [-0.15, -0.1) is 0 Å². The van der Waals surface area contributed by atoms with Crippen molar-refractivity contribution in [3.8, 4) is 0 Å². The lowest BCUT2D eigenvalue weighted by Crippen LogP contribution is -2.54. The normalized spacial score (nSPS) is 20.2. The van der Waals surface area contributed by atoms with Gasteiger partial charge in [-0.05, 0) is 59.5 Å². The Morgan fingerprint density at radius 2 is 1.55 bits per heavy atom. The minimum absolute atomic E-state index is 0.0143. The summed E-state index contributed by atoms with van der Waals surface area (Å²) < 4.78 is 16.6. The Hall–Kier alpha value is -2.04. The topological polar surface area (TPSA) is 106 Å². The molecule has 10 heteroatoms. The lowest BCUT2D eigenvalue weighted by atomic mass is 9.82. The maximum atomic E-state index is 14.0. The molecule has 0 bridgehead atoms. The number of carbonyl (C=O) groups is 4. The highest BCUT2D eigenvalue weighted by atomic mass is 16.5. The number of hydrogen-bond donors (Lipinski definition) is 0. The predicted octanol–water partition coefficient (Wildman–Crippen LogP) is 3.65. The van der Waals surface area contributed by atoms with Crippen LogP contribution in [0.15, 0.2) is 0 Å². The van der Waals surface area contributed by atoms with Crippen molar-refractivity contribution in [3.63, 3.8) is 0 Å². The molecule has 42 heavy (non-hydrogen) atoms. The van der Waals surface area contributed by atoms with Crippen LogP contribution in [-0.2, 0) is 33.4 Å². The summed E-state index contributed by atoms with van der Waals surface area (Å²) in [6.45, 7) is 14.1. The number of hydrogen-bond acceptors (Lipinski definition) is 8. The second kappa shape index (κ2) is 16.7. The number of ether oxygens (including phenoxy) is 3. The average molecular weight is 598 g/mol. The molecule has 0 aromatic rings. The third-order valence-corrected chi connectivity index (χ3v) is 9.75. The lowest BCUT2D eigenvalue weighted by Gasteiger charge is -2.41. The molecule has 0 radical (unpaired) electrons. The summed E-state index contributed by atoms with van der Waals surface area (Å²) in [6, 6.07) is -0.630. The molecular weight excluding hydrogens is 538 g/mol. The van der Waals surface area contributed by atoms with Crippen LogP contribution in [0.2, 0.25) is 0 Å². The number of amides is 2. The summed E-state index contributed by atoms with van der Waals surface area (Å²) in [5, 5.41) is 0. The van der Waals surface area contributed by atoms with Gasteiger partial charge in [-0.25, -0.2) is 0 Å². The first-order valence-corrected chi connectivity index (χ1v) is 15.4. The van der Waals surface area contributed by atoms with Gasteiger partial charge >= 0.3 is 5.97 Å². The number of rotatable bonds is 17. The van der Waals surface area contributed by atoms with E-state index in [4.69, 9.17) is 14.2 Å². The van der Waals surface area contributed by atoms with E-state index in [1.54, 1.807) is 38.0 Å². The van der Waals surface area contributed by atoms with Gasteiger partial charge in [0.15, 0.2) is 5.78 Å². The third-order valence-electron chi connectivity index (χ3n) is 9.75. The summed E-state index contributed by atoms with van der Waals surface area (Å²) in [5.74, 6) is -1.60. The van der Waals surface area contributed by atoms with E-state index in [0.29, 0.717) is 6.54 Å². The first-order chi connectivity index (χ1) is 19.5. The number of likely N-dealkylation sites (tertiary alicyclic amines) is 1. The average Bonchev–Trinajstić information content (AvgIpc) is 3.43. The van der Waals surface area contributed by atoms with E-state index in [1.807, 2.05) is 46.7 Å². The van der Waals surface area contributed by atoms with E-state index in [1.165, 1.54) is 7.11 Å². The Bertz CT molecular complexity index is 907. The van der Waals surface area contributed by atoms with Crippen molar-refractivity contribution in [2.45, 2.75) is 110 Å². The fourth-order valence-electron chi connectivity index (χ4n) is 6.05. The van der Waals surface area contributed by atoms with E-state index in [2.05, 4.69) is 13.8 Å². The van der Waals surface area contributed by atoms with Crippen LogP contribution in [0.4, 0.5) is 0 Å². The molecule has 1 aliphatic rings. The molecule has 10 nitrogen and oxygen atoms in total. The Morgan fingerprint density at radius 3 is 2.00 bits per heavy atom. The van der Waals surface area contributed by atoms with Crippen LogP contribution in [0.5, 0.6) is 0 Å². The first kappa shape index (κ1) is 38.0. The highest BCUT2D eigenvalue weighted by Gasteiger charge is 2.43. The molecule has 1 rings (SSSR count). The van der Waals surface area contributed by atoms with Gasteiger partial charge in [0.1, 0.15) is 0 Å². The number of carbonyl (C=O) groups excluding carboxylic acids is 4. The Labute approximate surface area is 254 Å². The van der Waals surface area contributed by atoms with Gasteiger partial charge in [-0.3, -0.25) is 24.1 Å². The smallest absolute Gasteiger partial charge is 0.311 e. The van der Waals surface area contributed by atoms with Crippen molar-refractivity contribution in [2.75, 3.05) is 49.0 Å². The van der Waals surface area contributed by atoms with Crippen LogP contribution in [0.3, 0.4) is 0 Å². The standard InChI is InChI=1S/C32H59N3O7/c1-14-21(4)28(34(10)30(38)23(20(2)3)18-26(36)32(6,7)33(8)9)25(40-11)19-27(37)35-17-15-16-24(35)29(41-12)22(5)31(39)42-13/h20-25,28-29H,14-19H2,1-13H3/t21-,22+,23-,24-,25+,28-,29+/m0/s1. The van der Waals surface area contributed by atoms with Crippen molar-refractivity contribution in [3.05, 3.63) is 0 Å². The molecule has 0 aromatic carbocycles. The second-order valence-corrected chi connectivity index (χ2v) is 13.0. The van der Waals surface area contributed by atoms with Gasteiger partial charge in [-0.1, -0.05) is 34.1 Å². The summed E-state index contributed by atoms with van der Waals surface area (Å²) in [4.78, 5) is 58.8. The summed E-state index contributed by atoms with van der Waals surface area (Å²) in [7, 11) is 9.98. The first-order valence-electron chi connectivity index (χ1n) is 15.4. The maximum Gasteiger partial charge on any atom is 0.311 e. The van der Waals surface area contributed by atoms with Gasteiger partial charge in [0.25, 0.3) is 0 Å². The monoisotopic (exact) mass is 597 g/mol. The van der Waals surface area contributed by atoms with E-state index >= 15 is 0 Å². The Morgan fingerprint density at radius 1 is 0.952 bits per heavy atom. The quantitative estimate of drug-likeness (QED) is 0.234. The van der Waals surface area contributed by atoms with Crippen LogP contribution < -0.4 is 0 Å². The fourth-order valence-corrected chi connectivity index (χ4v) is 6.05. The molecule has 1 saturated heterocycles. The zero-order valence-corrected chi connectivity index (χ0v) is 28.6. The predicted molar refractivity (Wildman–Crippen MR) is 164 cm³/mol. The van der Waals surface area contributed by atoms with Crippen LogP contribution in [0.1, 0.15) is 80.6 Å². The number of likely N-dealkylation sites (N-methyl/N-ethyl adjacent to an activating group) is 2. The van der Waals surface area contributed by atoms with Gasteiger partial charge < -0.3 is 24.0 Å². The number of Topliss-reactive ketones (excluding diaryl/α,β-unsaturated/α-hetero) is 1. The zero-order chi connectivity index (χ0) is 32.5. The van der Waals surface area contributed by atoms with Gasteiger partial charge in [-0.2, -0.15) is 0 Å². The van der Waals surface area contributed by atoms with Gasteiger partial charge in [0.2, 0.25) is 11.8 Å². The molecule has 7 atom stereocenters. The van der Waals surface area contributed by atoms with E-state index in [0.717, 1.165) is 19.3 Å². The molecule has 244 valence electrons. The van der Waals surface area contributed by atoms with Gasteiger partial charge in [0.05, 0.1) is 49.3 Å². The highest BCUT2D eigenvalue weighted by Crippen LogP contribution is 2.31. The Kier molecular flexibility index (Phi) is 15.1. The maximum absolute atomic E-state index is 14.0. The zero-order valence-electron chi connectivity index (χ0n) is 28.6. The molecule has 0 unspecified atom stereocenters. The summed E-state index contributed by atoms with van der Waals surface area (Å²) >= 11 is 0. The SMILES string of the molecule is CC[C@H](C)[C@@H]([C@@H](CC(=O)N1CCC[C@H]1[C@H](OC)[C@@H](C)C(=O)OC)OC)N(C)C(=O)[C@@H](CC(=O)C(C)(C)N(C)C)C(C)C. The van der Waals surface area contributed by atoms with Crippen LogP contribution in [0.25, 0.3) is 0 Å². The molecule has 0 N–H and O–H groups in total. The van der Waals surface area contributed by atoms with Crippen LogP contribution >= 0.6 is 0 Å². The molecule has 0 aromatic heterocycles. The van der Waals surface area contributed by atoms with E-state index < -0.39 is 29.6 Å². The molecule has 2 amide bonds. The van der Waals surface area contributed by atoms with Crippen LogP contribution in [0, 0.1) is 23.7 Å². The minimum atomic E-state index is -0.693. The molecule has 0 aliphatic carbocycles. The molecule has 1 fully saturated rings. The number of esters is 1. The van der Waals surface area contributed by atoms with Crippen LogP contribution in [-0.4, -0.2) is 117 Å². The second-order valence-electron chi connectivity index (χ2n) is 13.0. The van der Waals surface area contributed by atoms with Crippen molar-refractivity contribution >= 4 is 23.6 Å². The Balaban J connectivity index is 3.26. The minimum Gasteiger partial charge on any atom is -0.469 e. The van der Waals surface area contributed by atoms with E-state index in [9.17, 15) is 19.2 Å². The highest BCUT2D eigenvalue weighted by molar-refractivity contribution is 5.92. The summed E-state index contributed by atoms with van der Waals surface area (Å²) in [6.07, 6.45) is 1.50. The third kappa shape index (κ3) is 8.99. The van der Waals surface area contributed by atoms with Crippen molar-refractivity contribution in [2.24, 2.45) is 23.7 Å². The molecule has 0 saturated carbocycles. The van der Waals surface area contributed by atoms with Crippen molar-refractivity contribution in [1.29, 1.82) is 0 Å². The fraction of sp³-hybridized carbons (Fsp3) is 0.875. The van der Waals surface area contributed by atoms with Crippen molar-refractivity contribution in [1.82, 2.24) is 14.7 Å². The van der Waals surface area contributed by atoms with E-state index in [-0.39, 0.29) is 60.3 Å². The molecule has 1 heterocycles. The largest absolute Gasteiger partial charge is 0.469 e. The number of methoxy groups -OCH3 is 3. The molecular formula is C32H59N3O7. The lowest BCUT2D eigenvalue weighted by molar-refractivity contribution is -0.154. The van der Waals surface area contributed by atoms with Crippen molar-refractivity contribution < 1.29 is 33.4 Å². The molecule has 0 spiro atoms. The summed E-state index contributed by atoms with van der Waals surface area (Å²) in [5.41, 5.74) is -0.693. The number of ketones is 1. The molecule has 1 aliphatic heterocycles. The van der Waals surface area contributed by atoms with Gasteiger partial charge in [0, 0.05) is 40.2 Å².